The quantitative estimate of drug-likeness (QED) is 0.467. The van der Waals surface area contributed by atoms with E-state index in [0.29, 0.717) is 30.0 Å². The first-order valence-corrected chi connectivity index (χ1v) is 10.4. The minimum Gasteiger partial charge on any atom is -0.320 e. The van der Waals surface area contributed by atoms with Gasteiger partial charge in [0.15, 0.2) is 0 Å². The molecule has 1 aromatic carbocycles. The van der Waals surface area contributed by atoms with Gasteiger partial charge in [-0.05, 0) is 36.8 Å². The Morgan fingerprint density at radius 1 is 1.06 bits per heavy atom. The topological polar surface area (TPSA) is 86.2 Å². The molecule has 1 amide bonds. The second-order valence-corrected chi connectivity index (χ2v) is 7.60. The molecule has 0 aliphatic rings. The van der Waals surface area contributed by atoms with Crippen LogP contribution in [0.1, 0.15) is 28.8 Å². The van der Waals surface area contributed by atoms with E-state index < -0.39 is 0 Å². The maximum Gasteiger partial charge on any atom is 0.274 e. The predicted molar refractivity (Wildman–Crippen MR) is 123 cm³/mol. The van der Waals surface area contributed by atoms with Crippen LogP contribution in [0.25, 0.3) is 16.6 Å². The van der Waals surface area contributed by atoms with Crippen molar-refractivity contribution < 1.29 is 4.79 Å². The summed E-state index contributed by atoms with van der Waals surface area (Å²) in [6.45, 7) is 2.49. The first kappa shape index (κ1) is 19.7. The van der Waals surface area contributed by atoms with Crippen molar-refractivity contribution in [1.82, 2.24) is 23.7 Å². The summed E-state index contributed by atoms with van der Waals surface area (Å²) in [5.74, 6) is -0.239. The van der Waals surface area contributed by atoms with Crippen LogP contribution in [0.5, 0.6) is 0 Å². The van der Waals surface area contributed by atoms with Gasteiger partial charge in [0.2, 0.25) is 0 Å². The number of imidazole rings is 1. The van der Waals surface area contributed by atoms with Gasteiger partial charge in [-0.15, -0.1) is 0 Å². The number of carbonyl (C=O) groups is 1. The molecular weight excluding hydrogens is 404 g/mol. The fourth-order valence-corrected chi connectivity index (χ4v) is 3.99. The van der Waals surface area contributed by atoms with Crippen LogP contribution < -0.4 is 10.9 Å². The van der Waals surface area contributed by atoms with E-state index >= 15 is 0 Å². The molecule has 8 heteroatoms. The van der Waals surface area contributed by atoms with Crippen molar-refractivity contribution in [1.29, 1.82) is 0 Å². The van der Waals surface area contributed by atoms with Crippen LogP contribution in [0.4, 0.5) is 5.69 Å². The molecule has 4 aromatic heterocycles. The molecule has 32 heavy (non-hydrogen) atoms. The third-order valence-electron chi connectivity index (χ3n) is 5.68. The molecule has 0 aliphatic carbocycles. The third kappa shape index (κ3) is 3.26. The Morgan fingerprint density at radius 2 is 1.91 bits per heavy atom. The minimum absolute atomic E-state index is 0.0596. The first-order valence-electron chi connectivity index (χ1n) is 10.4. The maximum absolute atomic E-state index is 13.1. The van der Waals surface area contributed by atoms with Gasteiger partial charge in [-0.25, -0.2) is 4.98 Å². The highest BCUT2D eigenvalue weighted by Crippen LogP contribution is 2.28. The van der Waals surface area contributed by atoms with E-state index in [4.69, 9.17) is 5.10 Å². The Bertz CT molecular complexity index is 1520. The van der Waals surface area contributed by atoms with E-state index in [2.05, 4.69) is 10.3 Å². The smallest absolute Gasteiger partial charge is 0.274 e. The van der Waals surface area contributed by atoms with Crippen molar-refractivity contribution >= 4 is 28.1 Å². The molecule has 0 saturated heterocycles. The van der Waals surface area contributed by atoms with Crippen LogP contribution in [0.3, 0.4) is 0 Å². The van der Waals surface area contributed by atoms with E-state index in [1.54, 1.807) is 28.3 Å². The first-order chi connectivity index (χ1) is 15.6. The van der Waals surface area contributed by atoms with Gasteiger partial charge in [0.25, 0.3) is 11.5 Å². The summed E-state index contributed by atoms with van der Waals surface area (Å²) in [6.07, 6.45) is 4.10. The van der Waals surface area contributed by atoms with Crippen molar-refractivity contribution in [3.8, 4) is 0 Å². The number of hydrogen-bond acceptors (Lipinski definition) is 4. The molecule has 0 fully saturated rings. The number of aromatic nitrogens is 5. The molecule has 0 radical (unpaired) electrons. The maximum atomic E-state index is 13.1. The van der Waals surface area contributed by atoms with Crippen molar-refractivity contribution in [2.45, 2.75) is 19.9 Å². The number of rotatable bonds is 5. The summed E-state index contributed by atoms with van der Waals surface area (Å²) in [5, 5.41) is 8.73. The number of aryl methyl sites for hydroxylation is 1. The third-order valence-corrected chi connectivity index (χ3v) is 5.68. The number of nitrogens with one attached hydrogen (secondary N) is 1. The van der Waals surface area contributed by atoms with Gasteiger partial charge < -0.3 is 9.88 Å². The van der Waals surface area contributed by atoms with Gasteiger partial charge >= 0.3 is 0 Å². The number of carbonyl (C=O) groups excluding carboxylic acids is 1. The monoisotopic (exact) mass is 426 g/mol. The zero-order chi connectivity index (χ0) is 22.2. The van der Waals surface area contributed by atoms with Crippen molar-refractivity contribution in [3.63, 3.8) is 0 Å². The van der Waals surface area contributed by atoms with E-state index in [9.17, 15) is 9.59 Å². The Labute approximate surface area is 183 Å². The molecule has 0 saturated carbocycles. The molecule has 1 N–H and O–H groups in total. The fourth-order valence-electron chi connectivity index (χ4n) is 3.99. The van der Waals surface area contributed by atoms with Crippen molar-refractivity contribution in [2.75, 3.05) is 5.32 Å². The number of benzene rings is 1. The molecule has 5 rings (SSSR count). The summed E-state index contributed by atoms with van der Waals surface area (Å²) < 4.78 is 5.26. The average molecular weight is 426 g/mol. The number of hydrogen-bond donors (Lipinski definition) is 1. The number of anilines is 1. The van der Waals surface area contributed by atoms with Crippen LogP contribution >= 0.6 is 0 Å². The highest BCUT2D eigenvalue weighted by molar-refractivity contribution is 6.08. The molecular formula is C24H22N6O2. The molecule has 8 nitrogen and oxygen atoms in total. The summed E-state index contributed by atoms with van der Waals surface area (Å²) >= 11 is 0. The SMILES string of the molecule is CCc1nn(Cc2cccc(=O)n2C)c2cccc(NC(=O)c3cnc4ccccn34)c12. The van der Waals surface area contributed by atoms with Gasteiger partial charge in [-0.3, -0.25) is 18.7 Å². The number of pyridine rings is 2. The Balaban J connectivity index is 1.55. The number of nitrogens with zero attached hydrogens (tertiary/aromatic N) is 5. The molecule has 0 aliphatic heterocycles. The van der Waals surface area contributed by atoms with Gasteiger partial charge in [-0.2, -0.15) is 5.10 Å². The lowest BCUT2D eigenvalue weighted by molar-refractivity contribution is 0.102. The summed E-state index contributed by atoms with van der Waals surface area (Å²) in [7, 11) is 1.76. The minimum atomic E-state index is -0.239. The predicted octanol–water partition coefficient (Wildman–Crippen LogP) is 3.25. The zero-order valence-electron chi connectivity index (χ0n) is 17.8. The Morgan fingerprint density at radius 3 is 2.75 bits per heavy atom. The summed E-state index contributed by atoms with van der Waals surface area (Å²) in [6, 6.07) is 16.6. The zero-order valence-corrected chi connectivity index (χ0v) is 17.8. The van der Waals surface area contributed by atoms with Crippen molar-refractivity contribution in [2.24, 2.45) is 7.05 Å². The van der Waals surface area contributed by atoms with Gasteiger partial charge in [0.05, 0.1) is 29.6 Å². The second-order valence-electron chi connectivity index (χ2n) is 7.60. The molecule has 0 bridgehead atoms. The van der Waals surface area contributed by atoms with E-state index in [1.807, 2.05) is 60.3 Å². The van der Waals surface area contributed by atoms with Crippen LogP contribution in [0.2, 0.25) is 0 Å². The standard InChI is InChI=1S/C24H22N6O2/c1-3-17-23-18(26-24(32)20-14-25-21-11-4-5-13-29(20)21)9-7-10-19(23)30(27-17)15-16-8-6-12-22(31)28(16)2/h4-14H,3,15H2,1-2H3,(H,26,32). The highest BCUT2D eigenvalue weighted by Gasteiger charge is 2.18. The van der Waals surface area contributed by atoms with Gasteiger partial charge in [0.1, 0.15) is 11.3 Å². The summed E-state index contributed by atoms with van der Waals surface area (Å²) in [4.78, 5) is 29.4. The van der Waals surface area contributed by atoms with Crippen LogP contribution in [0.15, 0.2) is 71.8 Å². The second kappa shape index (κ2) is 7.81. The summed E-state index contributed by atoms with van der Waals surface area (Å²) in [5.41, 5.74) is 4.45. The Kier molecular flexibility index (Phi) is 4.82. The lowest BCUT2D eigenvalue weighted by Gasteiger charge is -2.10. The number of amides is 1. The molecule has 5 aromatic rings. The molecule has 0 unspecified atom stereocenters. The van der Waals surface area contributed by atoms with E-state index in [1.165, 1.54) is 6.07 Å². The lowest BCUT2D eigenvalue weighted by Crippen LogP contribution is -2.20. The largest absolute Gasteiger partial charge is 0.320 e. The lowest BCUT2D eigenvalue weighted by atomic mass is 10.1. The average Bonchev–Trinajstić information content (AvgIpc) is 3.39. The molecule has 0 spiro atoms. The van der Waals surface area contributed by atoms with Crippen LogP contribution in [-0.2, 0) is 20.0 Å². The molecule has 160 valence electrons. The van der Waals surface area contributed by atoms with Crippen LogP contribution in [-0.4, -0.2) is 29.6 Å². The fraction of sp³-hybridized carbons (Fsp3) is 0.167. The highest BCUT2D eigenvalue weighted by atomic mass is 16.2. The van der Waals surface area contributed by atoms with E-state index in [-0.39, 0.29) is 11.5 Å². The Hall–Kier alpha value is -4.20. The molecule has 4 heterocycles. The van der Waals surface area contributed by atoms with Crippen LogP contribution in [0, 0.1) is 0 Å². The molecule has 0 atom stereocenters. The normalized spacial score (nSPS) is 11.3. The van der Waals surface area contributed by atoms with Gasteiger partial charge in [-0.1, -0.05) is 25.1 Å². The van der Waals surface area contributed by atoms with Gasteiger partial charge in [0, 0.05) is 30.4 Å². The van der Waals surface area contributed by atoms with Crippen molar-refractivity contribution in [3.05, 3.63) is 94.4 Å². The van der Waals surface area contributed by atoms with E-state index in [0.717, 1.165) is 22.3 Å². The number of fused-ring (bicyclic) bond motifs is 2.